The molecule has 1 aromatic heterocycles. The van der Waals surface area contributed by atoms with Crippen LogP contribution in [0.15, 0.2) is 18.5 Å². The molecule has 3 N–H and O–H groups in total. The Morgan fingerprint density at radius 1 is 1.64 bits per heavy atom. The van der Waals surface area contributed by atoms with Crippen LogP contribution >= 0.6 is 0 Å². The molecule has 1 rings (SSSR count). The van der Waals surface area contributed by atoms with Gasteiger partial charge in [0.05, 0.1) is 5.41 Å². The van der Waals surface area contributed by atoms with Gasteiger partial charge in [0, 0.05) is 25.5 Å². The number of rotatable bonds is 4. The number of hydrogen-bond donors (Lipinski definition) is 2. The quantitative estimate of drug-likeness (QED) is 0.756. The number of carboxylic acid groups (broad SMARTS) is 1. The lowest BCUT2D eigenvalue weighted by Crippen LogP contribution is -2.28. The summed E-state index contributed by atoms with van der Waals surface area (Å²) in [4.78, 5) is 10.9. The van der Waals surface area contributed by atoms with Gasteiger partial charge in [0.1, 0.15) is 0 Å². The van der Waals surface area contributed by atoms with Crippen molar-refractivity contribution in [1.29, 1.82) is 0 Å². The third kappa shape index (κ3) is 2.35. The van der Waals surface area contributed by atoms with Crippen molar-refractivity contribution >= 4 is 5.97 Å². The molecule has 0 radical (unpaired) electrons. The van der Waals surface area contributed by atoms with Gasteiger partial charge in [-0.2, -0.15) is 0 Å². The molecule has 0 spiro atoms. The zero-order valence-electron chi connectivity index (χ0n) is 8.53. The van der Waals surface area contributed by atoms with Gasteiger partial charge in [-0.15, -0.1) is 0 Å². The first-order valence-corrected chi connectivity index (χ1v) is 4.54. The normalized spacial score (nSPS) is 11.6. The van der Waals surface area contributed by atoms with E-state index in [0.29, 0.717) is 13.1 Å². The molecule has 0 aromatic carbocycles. The van der Waals surface area contributed by atoms with Crippen LogP contribution in [0.3, 0.4) is 0 Å². The van der Waals surface area contributed by atoms with Crippen LogP contribution in [0.5, 0.6) is 0 Å². The van der Waals surface area contributed by atoms with E-state index in [-0.39, 0.29) is 0 Å². The van der Waals surface area contributed by atoms with Gasteiger partial charge in [-0.3, -0.25) is 4.79 Å². The van der Waals surface area contributed by atoms with Gasteiger partial charge in [0.15, 0.2) is 0 Å². The van der Waals surface area contributed by atoms with E-state index in [1.165, 1.54) is 0 Å². The van der Waals surface area contributed by atoms with Gasteiger partial charge >= 0.3 is 5.97 Å². The summed E-state index contributed by atoms with van der Waals surface area (Å²) < 4.78 is 1.86. The number of nitrogens with two attached hydrogens (primary N) is 1. The smallest absolute Gasteiger partial charge is 0.310 e. The topological polar surface area (TPSA) is 68.2 Å². The van der Waals surface area contributed by atoms with Gasteiger partial charge < -0.3 is 15.4 Å². The fourth-order valence-electron chi connectivity index (χ4n) is 1.23. The number of nitrogens with zero attached hydrogens (tertiary/aromatic N) is 1. The Balaban J connectivity index is 2.73. The van der Waals surface area contributed by atoms with Crippen LogP contribution in [0.2, 0.25) is 0 Å². The summed E-state index contributed by atoms with van der Waals surface area (Å²) in [6.07, 6.45) is 3.73. The van der Waals surface area contributed by atoms with Crippen molar-refractivity contribution in [3.8, 4) is 0 Å². The Hall–Kier alpha value is -1.29. The van der Waals surface area contributed by atoms with Crippen molar-refractivity contribution in [3.05, 3.63) is 24.0 Å². The molecule has 0 amide bonds. The molecule has 14 heavy (non-hydrogen) atoms. The Bertz CT molecular complexity index is 329. The van der Waals surface area contributed by atoms with Crippen molar-refractivity contribution < 1.29 is 9.90 Å². The van der Waals surface area contributed by atoms with Crippen LogP contribution in [-0.4, -0.2) is 15.6 Å². The van der Waals surface area contributed by atoms with E-state index in [4.69, 9.17) is 10.8 Å². The minimum absolute atomic E-state index is 0.461. The summed E-state index contributed by atoms with van der Waals surface area (Å²) >= 11 is 0. The number of carbonyl (C=O) groups is 1. The lowest BCUT2D eigenvalue weighted by Gasteiger charge is -2.19. The lowest BCUT2D eigenvalue weighted by molar-refractivity contribution is -0.147. The maximum Gasteiger partial charge on any atom is 0.310 e. The summed E-state index contributed by atoms with van der Waals surface area (Å²) in [5.74, 6) is -0.791. The molecule has 0 fully saturated rings. The number of carboxylic acids is 1. The molecule has 0 aliphatic carbocycles. The summed E-state index contributed by atoms with van der Waals surface area (Å²) in [6.45, 7) is 4.36. The first kappa shape index (κ1) is 10.8. The zero-order valence-corrected chi connectivity index (χ0v) is 8.53. The van der Waals surface area contributed by atoms with Gasteiger partial charge in [0.2, 0.25) is 0 Å². The minimum Gasteiger partial charge on any atom is -0.481 e. The number of hydrogen-bond acceptors (Lipinski definition) is 2. The molecule has 0 unspecified atom stereocenters. The first-order chi connectivity index (χ1) is 6.45. The van der Waals surface area contributed by atoms with E-state index < -0.39 is 11.4 Å². The largest absolute Gasteiger partial charge is 0.481 e. The summed E-state index contributed by atoms with van der Waals surface area (Å²) in [5.41, 5.74) is 5.73. The van der Waals surface area contributed by atoms with E-state index in [9.17, 15) is 4.79 Å². The molecule has 0 saturated carbocycles. The number of aliphatic carboxylic acids is 1. The molecular formula is C10H16N2O2. The first-order valence-electron chi connectivity index (χ1n) is 4.54. The molecular weight excluding hydrogens is 180 g/mol. The third-order valence-corrected chi connectivity index (χ3v) is 2.20. The Kier molecular flexibility index (Phi) is 2.96. The highest BCUT2D eigenvalue weighted by Crippen LogP contribution is 2.18. The predicted octanol–water partition coefficient (Wildman–Crippen LogP) is 1.06. The van der Waals surface area contributed by atoms with Gasteiger partial charge in [-0.1, -0.05) is 0 Å². The van der Waals surface area contributed by atoms with Crippen molar-refractivity contribution in [3.63, 3.8) is 0 Å². The van der Waals surface area contributed by atoms with Crippen LogP contribution in [0, 0.1) is 5.41 Å². The average molecular weight is 196 g/mol. The predicted molar refractivity (Wildman–Crippen MR) is 53.7 cm³/mol. The molecule has 0 bridgehead atoms. The second kappa shape index (κ2) is 3.84. The molecule has 4 nitrogen and oxygen atoms in total. The van der Waals surface area contributed by atoms with Crippen LogP contribution in [0.25, 0.3) is 0 Å². The van der Waals surface area contributed by atoms with Crippen LogP contribution in [0.1, 0.15) is 19.4 Å². The summed E-state index contributed by atoms with van der Waals surface area (Å²) in [5, 5.41) is 8.93. The van der Waals surface area contributed by atoms with Crippen molar-refractivity contribution in [1.82, 2.24) is 4.57 Å². The summed E-state index contributed by atoms with van der Waals surface area (Å²) in [7, 11) is 0. The number of aromatic nitrogens is 1. The van der Waals surface area contributed by atoms with Crippen molar-refractivity contribution in [2.24, 2.45) is 11.1 Å². The standard InChI is InChI=1S/C10H16N2O2/c1-10(2,9(13)14)7-12-4-3-8(5-11)6-12/h3-4,6H,5,7,11H2,1-2H3,(H,13,14). The fraction of sp³-hybridized carbons (Fsp3) is 0.500. The third-order valence-electron chi connectivity index (χ3n) is 2.20. The highest BCUT2D eigenvalue weighted by molar-refractivity contribution is 5.73. The van der Waals surface area contributed by atoms with E-state index in [2.05, 4.69) is 0 Å². The molecule has 4 heteroatoms. The Morgan fingerprint density at radius 3 is 2.71 bits per heavy atom. The molecule has 0 saturated heterocycles. The van der Waals surface area contributed by atoms with E-state index >= 15 is 0 Å². The highest BCUT2D eigenvalue weighted by Gasteiger charge is 2.27. The van der Waals surface area contributed by atoms with E-state index in [1.807, 2.05) is 23.0 Å². The molecule has 1 aromatic rings. The van der Waals surface area contributed by atoms with E-state index in [0.717, 1.165) is 5.56 Å². The van der Waals surface area contributed by atoms with Gasteiger partial charge in [-0.05, 0) is 25.5 Å². The molecule has 0 aliphatic heterocycles. The fourth-order valence-corrected chi connectivity index (χ4v) is 1.23. The molecule has 0 aliphatic rings. The lowest BCUT2D eigenvalue weighted by atomic mass is 9.94. The SMILES string of the molecule is CC(C)(Cn1ccc(CN)c1)C(=O)O. The van der Waals surface area contributed by atoms with Crippen molar-refractivity contribution in [2.75, 3.05) is 0 Å². The molecule has 1 heterocycles. The van der Waals surface area contributed by atoms with Gasteiger partial charge in [0.25, 0.3) is 0 Å². The maximum atomic E-state index is 10.9. The highest BCUT2D eigenvalue weighted by atomic mass is 16.4. The Morgan fingerprint density at radius 2 is 2.29 bits per heavy atom. The van der Waals surface area contributed by atoms with E-state index in [1.54, 1.807) is 13.8 Å². The zero-order chi connectivity index (χ0) is 10.8. The average Bonchev–Trinajstić information content (AvgIpc) is 2.51. The van der Waals surface area contributed by atoms with Crippen LogP contribution in [-0.2, 0) is 17.9 Å². The Labute approximate surface area is 83.3 Å². The maximum absolute atomic E-state index is 10.9. The van der Waals surface area contributed by atoms with Crippen molar-refractivity contribution in [2.45, 2.75) is 26.9 Å². The molecule has 0 atom stereocenters. The second-order valence-corrected chi connectivity index (χ2v) is 4.09. The molecule has 78 valence electrons. The van der Waals surface area contributed by atoms with Crippen LogP contribution in [0.4, 0.5) is 0 Å². The monoisotopic (exact) mass is 196 g/mol. The second-order valence-electron chi connectivity index (χ2n) is 4.09. The summed E-state index contributed by atoms with van der Waals surface area (Å²) in [6, 6.07) is 1.90. The van der Waals surface area contributed by atoms with Crippen LogP contribution < -0.4 is 5.73 Å². The van der Waals surface area contributed by atoms with Gasteiger partial charge in [-0.25, -0.2) is 0 Å². The minimum atomic E-state index is -0.791.